The van der Waals surface area contributed by atoms with Crippen molar-refractivity contribution in [1.82, 2.24) is 0 Å². The molecule has 0 fully saturated rings. The molecule has 5 nitrogen and oxygen atoms in total. The van der Waals surface area contributed by atoms with Gasteiger partial charge in [-0.1, -0.05) is 23.2 Å². The van der Waals surface area contributed by atoms with Crippen LogP contribution in [0, 0.1) is 5.82 Å². The average molecular weight is 370 g/mol. The van der Waals surface area contributed by atoms with E-state index in [0.717, 1.165) is 24.3 Å². The van der Waals surface area contributed by atoms with Gasteiger partial charge in [-0.15, -0.1) is 11.3 Å². The zero-order chi connectivity index (χ0) is 15.8. The van der Waals surface area contributed by atoms with Crippen LogP contribution in [0.25, 0.3) is 0 Å². The number of thiophene rings is 1. The van der Waals surface area contributed by atoms with E-state index in [1.807, 2.05) is 0 Å². The monoisotopic (exact) mass is 369 g/mol. The first kappa shape index (κ1) is 16.0. The van der Waals surface area contributed by atoms with E-state index >= 15 is 0 Å². The quantitative estimate of drug-likeness (QED) is 0.860. The number of rotatable bonds is 4. The Balaban J connectivity index is 2.40. The molecule has 10 heteroatoms. The summed E-state index contributed by atoms with van der Waals surface area (Å²) in [6, 6.07) is 4.11. The zero-order valence-electron chi connectivity index (χ0n) is 9.93. The van der Waals surface area contributed by atoms with Crippen molar-refractivity contribution < 1.29 is 22.7 Å². The molecule has 0 amide bonds. The number of carboxylic acid groups (broad SMARTS) is 1. The molecule has 2 rings (SSSR count). The van der Waals surface area contributed by atoms with Crippen LogP contribution in [-0.2, 0) is 10.0 Å². The van der Waals surface area contributed by atoms with Crippen LogP contribution in [0.1, 0.15) is 9.67 Å². The van der Waals surface area contributed by atoms with Crippen LogP contribution in [0.4, 0.5) is 10.1 Å². The van der Waals surface area contributed by atoms with Crippen LogP contribution in [0.2, 0.25) is 10.0 Å². The predicted molar refractivity (Wildman–Crippen MR) is 78.5 cm³/mol. The highest BCUT2D eigenvalue weighted by molar-refractivity contribution is 7.94. The van der Waals surface area contributed by atoms with E-state index in [1.54, 1.807) is 0 Å². The smallest absolute Gasteiger partial charge is 0.345 e. The molecule has 0 radical (unpaired) electrons. The van der Waals surface area contributed by atoms with E-state index < -0.39 is 21.8 Å². The Bertz CT molecular complexity index is 796. The van der Waals surface area contributed by atoms with Crippen LogP contribution in [-0.4, -0.2) is 19.5 Å². The predicted octanol–water partition coefficient (Wildman–Crippen LogP) is 3.69. The highest BCUT2D eigenvalue weighted by Crippen LogP contribution is 2.34. The Morgan fingerprint density at radius 2 is 1.81 bits per heavy atom. The van der Waals surface area contributed by atoms with Crippen molar-refractivity contribution in [3.05, 3.63) is 45.0 Å². The summed E-state index contributed by atoms with van der Waals surface area (Å²) < 4.78 is 39.2. The van der Waals surface area contributed by atoms with Gasteiger partial charge in [0.05, 0.1) is 15.7 Å². The summed E-state index contributed by atoms with van der Waals surface area (Å²) in [5.74, 6) is -1.95. The number of hydrogen-bond donors (Lipinski definition) is 2. The van der Waals surface area contributed by atoms with Crippen LogP contribution in [0.15, 0.2) is 28.5 Å². The first-order valence-electron chi connectivity index (χ1n) is 5.21. The Morgan fingerprint density at radius 3 is 2.29 bits per heavy atom. The number of halogens is 3. The number of anilines is 1. The molecule has 0 saturated carbocycles. The zero-order valence-corrected chi connectivity index (χ0v) is 13.1. The third-order valence-electron chi connectivity index (χ3n) is 2.30. The molecule has 0 spiro atoms. The first-order chi connectivity index (χ1) is 9.70. The summed E-state index contributed by atoms with van der Waals surface area (Å²) in [5, 5.41) is 8.36. The Morgan fingerprint density at radius 1 is 1.24 bits per heavy atom. The normalized spacial score (nSPS) is 11.4. The van der Waals surface area contributed by atoms with E-state index in [9.17, 15) is 17.6 Å². The fraction of sp³-hybridized carbons (Fsp3) is 0. The second-order valence-electron chi connectivity index (χ2n) is 3.77. The molecule has 0 unspecified atom stereocenters. The SMILES string of the molecule is O=C(O)c1ccc(S(=O)(=O)Nc2c(Cl)cc(F)cc2Cl)s1. The van der Waals surface area contributed by atoms with Gasteiger partial charge in [0, 0.05) is 0 Å². The molecule has 2 aromatic rings. The fourth-order valence-corrected chi connectivity index (χ4v) is 4.32. The number of sulfonamides is 1. The molecular weight excluding hydrogens is 364 g/mol. The van der Waals surface area contributed by atoms with Gasteiger partial charge in [0.25, 0.3) is 10.0 Å². The summed E-state index contributed by atoms with van der Waals surface area (Å²) in [7, 11) is -4.07. The lowest BCUT2D eigenvalue weighted by Gasteiger charge is -2.10. The van der Waals surface area contributed by atoms with Crippen molar-refractivity contribution >= 4 is 56.2 Å². The van der Waals surface area contributed by atoms with Gasteiger partial charge < -0.3 is 5.11 Å². The fourth-order valence-electron chi connectivity index (χ4n) is 1.40. The number of benzene rings is 1. The molecule has 0 saturated heterocycles. The van der Waals surface area contributed by atoms with Crippen LogP contribution >= 0.6 is 34.5 Å². The van der Waals surface area contributed by atoms with Crippen molar-refractivity contribution in [2.24, 2.45) is 0 Å². The van der Waals surface area contributed by atoms with Gasteiger partial charge >= 0.3 is 5.97 Å². The summed E-state index contributed by atoms with van der Waals surface area (Å²) >= 11 is 12.1. The molecule has 0 atom stereocenters. The maximum atomic E-state index is 13.0. The second kappa shape index (κ2) is 5.80. The first-order valence-corrected chi connectivity index (χ1v) is 8.27. The van der Waals surface area contributed by atoms with Gasteiger partial charge in [-0.2, -0.15) is 0 Å². The summed E-state index contributed by atoms with van der Waals surface area (Å²) in [6.07, 6.45) is 0. The number of carboxylic acids is 1. The van der Waals surface area contributed by atoms with Gasteiger partial charge in [-0.3, -0.25) is 4.72 Å². The Kier molecular flexibility index (Phi) is 4.43. The number of hydrogen-bond acceptors (Lipinski definition) is 4. The van der Waals surface area contributed by atoms with E-state index in [4.69, 9.17) is 28.3 Å². The van der Waals surface area contributed by atoms with Crippen molar-refractivity contribution in [2.45, 2.75) is 4.21 Å². The van der Waals surface area contributed by atoms with E-state index in [-0.39, 0.29) is 24.8 Å². The molecule has 0 aliphatic rings. The topological polar surface area (TPSA) is 83.5 Å². The molecule has 0 aliphatic carbocycles. The lowest BCUT2D eigenvalue weighted by Crippen LogP contribution is -2.12. The molecule has 1 aromatic carbocycles. The molecule has 112 valence electrons. The second-order valence-corrected chi connectivity index (χ2v) is 7.58. The van der Waals surface area contributed by atoms with E-state index in [1.165, 1.54) is 0 Å². The van der Waals surface area contributed by atoms with Gasteiger partial charge in [0.15, 0.2) is 0 Å². The summed E-state index contributed by atoms with van der Waals surface area (Å²) in [5.41, 5.74) is -0.176. The average Bonchev–Trinajstić information content (AvgIpc) is 2.84. The molecule has 1 heterocycles. The van der Waals surface area contributed by atoms with Crippen molar-refractivity contribution in [3.63, 3.8) is 0 Å². The minimum absolute atomic E-state index is 0.133. The molecular formula is C11H6Cl2FNO4S2. The lowest BCUT2D eigenvalue weighted by atomic mass is 10.3. The van der Waals surface area contributed by atoms with Crippen LogP contribution in [0.5, 0.6) is 0 Å². The van der Waals surface area contributed by atoms with Crippen LogP contribution < -0.4 is 4.72 Å². The minimum atomic E-state index is -4.07. The lowest BCUT2D eigenvalue weighted by molar-refractivity contribution is 0.0702. The van der Waals surface area contributed by atoms with Crippen molar-refractivity contribution in [2.75, 3.05) is 4.72 Å². The number of aromatic carboxylic acids is 1. The largest absolute Gasteiger partial charge is 0.477 e. The summed E-state index contributed by atoms with van der Waals surface area (Å²) in [4.78, 5) is 10.6. The number of carbonyl (C=O) groups is 1. The maximum Gasteiger partial charge on any atom is 0.345 e. The highest BCUT2D eigenvalue weighted by Gasteiger charge is 2.21. The van der Waals surface area contributed by atoms with Gasteiger partial charge in [0.2, 0.25) is 0 Å². The van der Waals surface area contributed by atoms with Gasteiger partial charge in [-0.05, 0) is 24.3 Å². The van der Waals surface area contributed by atoms with Gasteiger partial charge in [0.1, 0.15) is 14.9 Å². The van der Waals surface area contributed by atoms with Crippen LogP contribution in [0.3, 0.4) is 0 Å². The molecule has 21 heavy (non-hydrogen) atoms. The molecule has 1 aromatic heterocycles. The highest BCUT2D eigenvalue weighted by atomic mass is 35.5. The van der Waals surface area contributed by atoms with E-state index in [2.05, 4.69) is 4.72 Å². The Hall–Kier alpha value is -1.35. The van der Waals surface area contributed by atoms with E-state index in [0.29, 0.717) is 11.3 Å². The van der Waals surface area contributed by atoms with Crippen molar-refractivity contribution in [1.29, 1.82) is 0 Å². The van der Waals surface area contributed by atoms with Gasteiger partial charge in [-0.25, -0.2) is 17.6 Å². The standard InChI is InChI=1S/C11H6Cl2FNO4S2/c12-6-3-5(14)4-7(13)10(6)15-21(18,19)9-2-1-8(20-9)11(16)17/h1-4,15H,(H,16,17). The molecule has 2 N–H and O–H groups in total. The van der Waals surface area contributed by atoms with Crippen molar-refractivity contribution in [3.8, 4) is 0 Å². The minimum Gasteiger partial charge on any atom is -0.477 e. The third-order valence-corrected chi connectivity index (χ3v) is 5.81. The maximum absolute atomic E-state index is 13.0. The third kappa shape index (κ3) is 3.46. The Labute approximate surface area is 133 Å². The summed E-state index contributed by atoms with van der Waals surface area (Å²) in [6.45, 7) is 0. The molecule has 0 bridgehead atoms. The molecule has 0 aliphatic heterocycles. The number of nitrogens with one attached hydrogen (secondary N) is 1.